The van der Waals surface area contributed by atoms with E-state index in [0.29, 0.717) is 12.2 Å². The zero-order valence-corrected chi connectivity index (χ0v) is 11.5. The van der Waals surface area contributed by atoms with Gasteiger partial charge in [-0.2, -0.15) is 0 Å². The zero-order chi connectivity index (χ0) is 13.7. The fourth-order valence-electron chi connectivity index (χ4n) is 2.55. The number of para-hydroxylation sites is 1. The van der Waals surface area contributed by atoms with Crippen LogP contribution < -0.4 is 10.2 Å². The molecule has 0 atom stereocenters. The quantitative estimate of drug-likeness (QED) is 0.803. The molecule has 2 rings (SSSR count). The van der Waals surface area contributed by atoms with Crippen LogP contribution >= 0.6 is 0 Å². The molecule has 0 spiro atoms. The third-order valence-electron chi connectivity index (χ3n) is 3.59. The third kappa shape index (κ3) is 3.67. The number of piperidine rings is 1. The minimum atomic E-state index is -0.232. The highest BCUT2D eigenvalue weighted by Gasteiger charge is 2.21. The van der Waals surface area contributed by atoms with Crippen LogP contribution in [0, 0.1) is 5.82 Å². The van der Waals surface area contributed by atoms with Crippen molar-refractivity contribution in [3.05, 3.63) is 29.6 Å². The summed E-state index contributed by atoms with van der Waals surface area (Å²) in [6.45, 7) is 5.20. The van der Waals surface area contributed by atoms with E-state index in [0.717, 1.165) is 44.5 Å². The summed E-state index contributed by atoms with van der Waals surface area (Å²) in [5.41, 5.74) is 1.71. The molecule has 0 unspecified atom stereocenters. The van der Waals surface area contributed by atoms with Gasteiger partial charge in [0, 0.05) is 19.6 Å². The van der Waals surface area contributed by atoms with E-state index >= 15 is 0 Å². The van der Waals surface area contributed by atoms with Gasteiger partial charge in [-0.15, -0.1) is 0 Å². The Morgan fingerprint density at radius 3 is 2.79 bits per heavy atom. The second-order valence-electron chi connectivity index (χ2n) is 5.14. The third-order valence-corrected chi connectivity index (χ3v) is 3.59. The Morgan fingerprint density at radius 2 is 2.11 bits per heavy atom. The number of aliphatic hydroxyl groups is 1. The largest absolute Gasteiger partial charge is 0.393 e. The number of hydrogen-bond donors (Lipinski definition) is 2. The molecule has 1 aromatic rings. The Labute approximate surface area is 114 Å². The van der Waals surface area contributed by atoms with Gasteiger partial charge in [0.25, 0.3) is 0 Å². The van der Waals surface area contributed by atoms with Gasteiger partial charge in [0.15, 0.2) is 0 Å². The van der Waals surface area contributed by atoms with Crippen LogP contribution in [0.25, 0.3) is 0 Å². The van der Waals surface area contributed by atoms with Crippen molar-refractivity contribution in [2.45, 2.75) is 38.8 Å². The fourth-order valence-corrected chi connectivity index (χ4v) is 2.55. The molecule has 0 aromatic heterocycles. The molecule has 1 aliphatic heterocycles. The van der Waals surface area contributed by atoms with Crippen LogP contribution in [-0.2, 0) is 6.54 Å². The number of nitrogens with one attached hydrogen (secondary N) is 1. The first-order chi connectivity index (χ1) is 9.22. The molecule has 0 aliphatic carbocycles. The number of halogens is 1. The molecule has 1 heterocycles. The maximum atomic E-state index is 14.1. The molecule has 2 N–H and O–H groups in total. The predicted octanol–water partition coefficient (Wildman–Crippen LogP) is 2.29. The van der Waals surface area contributed by atoms with Crippen molar-refractivity contribution in [3.8, 4) is 0 Å². The van der Waals surface area contributed by atoms with Crippen molar-refractivity contribution < 1.29 is 9.50 Å². The van der Waals surface area contributed by atoms with Crippen LogP contribution in [0.3, 0.4) is 0 Å². The van der Waals surface area contributed by atoms with Gasteiger partial charge in [0.05, 0.1) is 11.8 Å². The van der Waals surface area contributed by atoms with E-state index in [1.165, 1.54) is 6.07 Å². The monoisotopic (exact) mass is 266 g/mol. The first-order valence-electron chi connectivity index (χ1n) is 7.13. The number of rotatable bonds is 5. The number of aliphatic hydroxyl groups excluding tert-OH is 1. The Morgan fingerprint density at radius 1 is 1.37 bits per heavy atom. The Bertz CT molecular complexity index is 403. The summed E-state index contributed by atoms with van der Waals surface area (Å²) in [5.74, 6) is -0.160. The topological polar surface area (TPSA) is 35.5 Å². The minimum Gasteiger partial charge on any atom is -0.393 e. The standard InChI is InChI=1S/C15H23FN2O/c1-2-8-17-11-12-4-3-5-14(16)15(12)18-9-6-13(19)7-10-18/h3-5,13,17,19H,2,6-11H2,1H3. The number of hydrogen-bond acceptors (Lipinski definition) is 3. The molecule has 0 saturated carbocycles. The average molecular weight is 266 g/mol. The van der Waals surface area contributed by atoms with Gasteiger partial charge in [-0.25, -0.2) is 4.39 Å². The maximum Gasteiger partial charge on any atom is 0.146 e. The molecule has 1 aromatic carbocycles. The van der Waals surface area contributed by atoms with E-state index in [9.17, 15) is 9.50 Å². The van der Waals surface area contributed by atoms with E-state index in [4.69, 9.17) is 0 Å². The summed E-state index contributed by atoms with van der Waals surface area (Å²) < 4.78 is 14.1. The lowest BCUT2D eigenvalue weighted by molar-refractivity contribution is 0.145. The normalized spacial score (nSPS) is 16.9. The van der Waals surface area contributed by atoms with Crippen LogP contribution in [0.2, 0.25) is 0 Å². The Kier molecular flexibility index (Phi) is 5.16. The van der Waals surface area contributed by atoms with Crippen molar-refractivity contribution in [1.29, 1.82) is 0 Å². The van der Waals surface area contributed by atoms with Crippen LogP contribution in [0.4, 0.5) is 10.1 Å². The van der Waals surface area contributed by atoms with Gasteiger partial charge in [-0.1, -0.05) is 19.1 Å². The molecular formula is C15H23FN2O. The maximum absolute atomic E-state index is 14.1. The molecule has 1 saturated heterocycles. The molecule has 3 nitrogen and oxygen atoms in total. The molecule has 1 fully saturated rings. The molecule has 1 aliphatic rings. The smallest absolute Gasteiger partial charge is 0.146 e. The lowest BCUT2D eigenvalue weighted by Crippen LogP contribution is -2.37. The number of anilines is 1. The molecule has 19 heavy (non-hydrogen) atoms. The van der Waals surface area contributed by atoms with E-state index in [1.807, 2.05) is 6.07 Å². The summed E-state index contributed by atoms with van der Waals surface area (Å²) in [4.78, 5) is 2.06. The van der Waals surface area contributed by atoms with Gasteiger partial charge in [-0.05, 0) is 37.4 Å². The SMILES string of the molecule is CCCNCc1cccc(F)c1N1CCC(O)CC1. The summed E-state index contributed by atoms with van der Waals surface area (Å²) in [7, 11) is 0. The lowest BCUT2D eigenvalue weighted by Gasteiger charge is -2.33. The molecule has 0 bridgehead atoms. The molecule has 106 valence electrons. The first kappa shape index (κ1) is 14.3. The van der Waals surface area contributed by atoms with Crippen molar-refractivity contribution in [1.82, 2.24) is 5.32 Å². The van der Waals surface area contributed by atoms with Crippen LogP contribution in [0.1, 0.15) is 31.7 Å². The van der Waals surface area contributed by atoms with E-state index < -0.39 is 0 Å². The first-order valence-corrected chi connectivity index (χ1v) is 7.13. The summed E-state index contributed by atoms with van der Waals surface area (Å²) in [6, 6.07) is 5.26. The summed E-state index contributed by atoms with van der Waals surface area (Å²) in [5, 5.41) is 12.9. The second kappa shape index (κ2) is 6.87. The molecule has 0 radical (unpaired) electrons. The van der Waals surface area contributed by atoms with E-state index in [-0.39, 0.29) is 11.9 Å². The van der Waals surface area contributed by atoms with Crippen LogP contribution in [-0.4, -0.2) is 30.8 Å². The van der Waals surface area contributed by atoms with Crippen molar-refractivity contribution in [2.24, 2.45) is 0 Å². The number of nitrogens with zero attached hydrogens (tertiary/aromatic N) is 1. The molecule has 4 heteroatoms. The second-order valence-corrected chi connectivity index (χ2v) is 5.14. The van der Waals surface area contributed by atoms with E-state index in [1.54, 1.807) is 6.07 Å². The summed E-state index contributed by atoms with van der Waals surface area (Å²) >= 11 is 0. The zero-order valence-electron chi connectivity index (χ0n) is 11.5. The molecular weight excluding hydrogens is 243 g/mol. The van der Waals surface area contributed by atoms with Gasteiger partial charge in [0.2, 0.25) is 0 Å². The minimum absolute atomic E-state index is 0.160. The Balaban J connectivity index is 2.13. The summed E-state index contributed by atoms with van der Waals surface area (Å²) in [6.07, 6.45) is 2.28. The molecule has 0 amide bonds. The predicted molar refractivity (Wildman–Crippen MR) is 75.9 cm³/mol. The van der Waals surface area contributed by atoms with Crippen molar-refractivity contribution in [2.75, 3.05) is 24.5 Å². The lowest BCUT2D eigenvalue weighted by atomic mass is 10.0. The van der Waals surface area contributed by atoms with Crippen LogP contribution in [0.5, 0.6) is 0 Å². The average Bonchev–Trinajstić information content (AvgIpc) is 2.41. The van der Waals surface area contributed by atoms with Gasteiger partial charge in [0.1, 0.15) is 5.82 Å². The van der Waals surface area contributed by atoms with Gasteiger partial charge in [-0.3, -0.25) is 0 Å². The van der Waals surface area contributed by atoms with Crippen molar-refractivity contribution >= 4 is 5.69 Å². The van der Waals surface area contributed by atoms with E-state index in [2.05, 4.69) is 17.1 Å². The van der Waals surface area contributed by atoms with Gasteiger partial charge < -0.3 is 15.3 Å². The Hall–Kier alpha value is -1.13. The highest BCUT2D eigenvalue weighted by atomic mass is 19.1. The highest BCUT2D eigenvalue weighted by molar-refractivity contribution is 5.55. The number of benzene rings is 1. The van der Waals surface area contributed by atoms with Crippen molar-refractivity contribution in [3.63, 3.8) is 0 Å². The van der Waals surface area contributed by atoms with Gasteiger partial charge >= 0.3 is 0 Å². The fraction of sp³-hybridized carbons (Fsp3) is 0.600. The van der Waals surface area contributed by atoms with Crippen LogP contribution in [0.15, 0.2) is 18.2 Å². The highest BCUT2D eigenvalue weighted by Crippen LogP contribution is 2.27.